The zero-order valence-corrected chi connectivity index (χ0v) is 33.4. The smallest absolute Gasteiger partial charge is 0.354 e. The number of aromatic carboxylic acids is 1. The van der Waals surface area contributed by atoms with Crippen LogP contribution in [0.25, 0.3) is 32.9 Å². The third-order valence-electron chi connectivity index (χ3n) is 10.5. The molecule has 7 rings (SSSR count). The lowest BCUT2D eigenvalue weighted by Crippen LogP contribution is -2.43. The SMILES string of the molecule is COCCn1c(C(=O)O)c(N2C[C@@H](C)n3c(c(CCCOc4cc(C)c(Cl)c(C)c4)c4ccc(Cl)c(-c5c(C)ncnc5C)c43)C2=O)c2cc(OC)ccc21. The van der Waals surface area contributed by atoms with Gasteiger partial charge >= 0.3 is 5.97 Å². The number of carboxylic acids is 1. The summed E-state index contributed by atoms with van der Waals surface area (Å²) in [6.07, 6.45) is 2.62. The number of fused-ring (bicyclic) bond motifs is 4. The largest absolute Gasteiger partial charge is 0.497 e. The number of hydrogen-bond donors (Lipinski definition) is 1. The maximum Gasteiger partial charge on any atom is 0.354 e. The molecule has 1 atom stereocenters. The summed E-state index contributed by atoms with van der Waals surface area (Å²) < 4.78 is 20.9. The standard InChI is InChI=1S/C42H43Cl2N5O6/c1-22-17-28(18-23(2)36(22)44)55-15-8-9-29-30-11-12-32(43)35(34-25(4)45-21-46-26(34)5)37(30)49-24(3)20-48(41(50)39(29)49)38-31-19-27(54-7)10-13-33(31)47(14-16-53-6)40(38)42(51)52/h10-13,17-19,21,24H,8-9,14-16,20H2,1-7H3,(H,51,52)/t24-/m1/s1. The van der Waals surface area contributed by atoms with Crippen molar-refractivity contribution < 1.29 is 28.9 Å². The molecule has 0 bridgehead atoms. The molecule has 11 nitrogen and oxygen atoms in total. The van der Waals surface area contributed by atoms with Crippen LogP contribution in [0, 0.1) is 27.7 Å². The summed E-state index contributed by atoms with van der Waals surface area (Å²) in [5, 5.41) is 13.5. The van der Waals surface area contributed by atoms with Gasteiger partial charge < -0.3 is 33.4 Å². The summed E-state index contributed by atoms with van der Waals surface area (Å²) in [6.45, 7) is 10.9. The van der Waals surface area contributed by atoms with Crippen LogP contribution in [0.2, 0.25) is 10.0 Å². The van der Waals surface area contributed by atoms with Crippen LogP contribution < -0.4 is 14.4 Å². The van der Waals surface area contributed by atoms with Crippen molar-refractivity contribution in [3.8, 4) is 22.6 Å². The first kappa shape index (κ1) is 38.2. The first-order valence-corrected chi connectivity index (χ1v) is 18.9. The van der Waals surface area contributed by atoms with Gasteiger partial charge in [-0.15, -0.1) is 0 Å². The first-order chi connectivity index (χ1) is 26.4. The number of nitrogens with zero attached hydrogens (tertiary/aromatic N) is 5. The maximum atomic E-state index is 15.3. The number of benzene rings is 3. The first-order valence-electron chi connectivity index (χ1n) is 18.2. The van der Waals surface area contributed by atoms with Gasteiger partial charge in [-0.25, -0.2) is 14.8 Å². The lowest BCUT2D eigenvalue weighted by molar-refractivity contribution is 0.0684. The Labute approximate surface area is 329 Å². The van der Waals surface area contributed by atoms with Crippen LogP contribution in [-0.4, -0.2) is 70.1 Å². The molecular formula is C42H43Cl2N5O6. The number of amides is 1. The highest BCUT2D eigenvalue weighted by atomic mass is 35.5. The zero-order valence-electron chi connectivity index (χ0n) is 31.9. The molecule has 0 radical (unpaired) electrons. The highest BCUT2D eigenvalue weighted by Crippen LogP contribution is 2.46. The lowest BCUT2D eigenvalue weighted by Gasteiger charge is -2.34. The Morgan fingerprint density at radius 1 is 0.927 bits per heavy atom. The Morgan fingerprint density at radius 2 is 1.64 bits per heavy atom. The van der Waals surface area contributed by atoms with Crippen molar-refractivity contribution in [1.29, 1.82) is 0 Å². The Kier molecular flexibility index (Phi) is 10.6. The number of ether oxygens (including phenoxy) is 3. The van der Waals surface area contributed by atoms with E-state index in [1.54, 1.807) is 35.8 Å². The number of carboxylic acid groups (broad SMARTS) is 1. The van der Waals surface area contributed by atoms with Gasteiger partial charge in [-0.05, 0) is 101 Å². The van der Waals surface area contributed by atoms with E-state index in [0.29, 0.717) is 57.5 Å². The Hall–Kier alpha value is -5.10. The van der Waals surface area contributed by atoms with E-state index in [4.69, 9.17) is 37.4 Å². The minimum absolute atomic E-state index is 0.00494. The highest BCUT2D eigenvalue weighted by Gasteiger charge is 2.40. The van der Waals surface area contributed by atoms with Gasteiger partial charge in [0.25, 0.3) is 5.91 Å². The molecule has 0 saturated carbocycles. The molecule has 0 aliphatic carbocycles. The van der Waals surface area contributed by atoms with Gasteiger partial charge in [-0.3, -0.25) is 4.79 Å². The van der Waals surface area contributed by atoms with Crippen molar-refractivity contribution in [2.75, 3.05) is 38.9 Å². The second-order valence-corrected chi connectivity index (χ2v) is 14.8. The molecule has 3 aromatic heterocycles. The molecule has 0 unspecified atom stereocenters. The summed E-state index contributed by atoms with van der Waals surface area (Å²) in [6, 6.07) is 12.8. The van der Waals surface area contributed by atoms with Gasteiger partial charge in [0.05, 0.1) is 42.1 Å². The number of methoxy groups -OCH3 is 2. The summed E-state index contributed by atoms with van der Waals surface area (Å²) in [5.41, 5.74) is 8.05. The average molecular weight is 785 g/mol. The predicted molar refractivity (Wildman–Crippen MR) is 216 cm³/mol. The molecule has 1 amide bonds. The van der Waals surface area contributed by atoms with Gasteiger partial charge in [0, 0.05) is 64.6 Å². The number of hydrogen-bond acceptors (Lipinski definition) is 7. The van der Waals surface area contributed by atoms with Crippen molar-refractivity contribution in [2.24, 2.45) is 0 Å². The summed E-state index contributed by atoms with van der Waals surface area (Å²) >= 11 is 13.5. The molecule has 3 aromatic carbocycles. The number of halogens is 2. The van der Waals surface area contributed by atoms with E-state index in [1.165, 1.54) is 6.33 Å². The number of carbonyl (C=O) groups is 2. The fourth-order valence-electron chi connectivity index (χ4n) is 8.09. The molecule has 13 heteroatoms. The Morgan fingerprint density at radius 3 is 2.29 bits per heavy atom. The highest BCUT2D eigenvalue weighted by molar-refractivity contribution is 6.35. The normalized spacial score (nSPS) is 14.2. The quantitative estimate of drug-likeness (QED) is 0.122. The van der Waals surface area contributed by atoms with Crippen LogP contribution >= 0.6 is 23.2 Å². The molecular weight excluding hydrogens is 741 g/mol. The predicted octanol–water partition coefficient (Wildman–Crippen LogP) is 9.18. The lowest BCUT2D eigenvalue weighted by atomic mass is 9.97. The molecule has 6 aromatic rings. The van der Waals surface area contributed by atoms with E-state index in [2.05, 4.69) is 14.5 Å². The van der Waals surface area contributed by atoms with Crippen LogP contribution in [0.5, 0.6) is 11.5 Å². The van der Waals surface area contributed by atoms with E-state index in [0.717, 1.165) is 55.9 Å². The molecule has 1 aliphatic rings. The van der Waals surface area contributed by atoms with Gasteiger partial charge in [-0.1, -0.05) is 29.3 Å². The van der Waals surface area contributed by atoms with E-state index >= 15 is 4.79 Å². The van der Waals surface area contributed by atoms with Crippen LogP contribution in [0.3, 0.4) is 0 Å². The van der Waals surface area contributed by atoms with Crippen molar-refractivity contribution >= 4 is 62.6 Å². The van der Waals surface area contributed by atoms with Crippen molar-refractivity contribution in [2.45, 2.75) is 60.0 Å². The number of aryl methyl sites for hydroxylation is 5. The summed E-state index contributed by atoms with van der Waals surface area (Å²) in [5.74, 6) is -0.195. The van der Waals surface area contributed by atoms with E-state index in [9.17, 15) is 9.90 Å². The molecule has 55 heavy (non-hydrogen) atoms. The topological polar surface area (TPSA) is 121 Å². The average Bonchev–Trinajstić information content (AvgIpc) is 3.66. The fraction of sp³-hybridized carbons (Fsp3) is 0.333. The molecule has 0 saturated heterocycles. The van der Waals surface area contributed by atoms with Crippen LogP contribution in [0.1, 0.15) is 68.4 Å². The molecule has 4 heterocycles. The number of anilines is 1. The third kappa shape index (κ3) is 6.58. The van der Waals surface area contributed by atoms with Crippen molar-refractivity contribution in [3.63, 3.8) is 0 Å². The second kappa shape index (κ2) is 15.2. The molecule has 0 fully saturated rings. The minimum atomic E-state index is -1.15. The molecule has 0 spiro atoms. The van der Waals surface area contributed by atoms with Gasteiger partial charge in [0.15, 0.2) is 5.69 Å². The Balaban J connectivity index is 1.42. The number of aromatic nitrogens is 4. The van der Waals surface area contributed by atoms with Gasteiger partial charge in [0.1, 0.15) is 23.5 Å². The molecule has 286 valence electrons. The third-order valence-corrected chi connectivity index (χ3v) is 11.4. The Bertz CT molecular complexity index is 2460. The monoisotopic (exact) mass is 783 g/mol. The molecule has 1 aliphatic heterocycles. The summed E-state index contributed by atoms with van der Waals surface area (Å²) in [4.78, 5) is 39.2. The van der Waals surface area contributed by atoms with Gasteiger partial charge in [0.2, 0.25) is 0 Å². The van der Waals surface area contributed by atoms with Crippen LogP contribution in [-0.2, 0) is 17.7 Å². The van der Waals surface area contributed by atoms with Crippen molar-refractivity contribution in [1.82, 2.24) is 19.1 Å². The molecule has 1 N–H and O–H groups in total. The van der Waals surface area contributed by atoms with Crippen molar-refractivity contribution in [3.05, 3.63) is 98.3 Å². The van der Waals surface area contributed by atoms with E-state index in [1.807, 2.05) is 65.0 Å². The number of carbonyl (C=O) groups excluding carboxylic acids is 1. The maximum absolute atomic E-state index is 15.3. The van der Waals surface area contributed by atoms with E-state index in [-0.39, 0.29) is 37.3 Å². The van der Waals surface area contributed by atoms with Crippen LogP contribution in [0.15, 0.2) is 48.8 Å². The van der Waals surface area contributed by atoms with E-state index < -0.39 is 5.97 Å². The van der Waals surface area contributed by atoms with Gasteiger partial charge in [-0.2, -0.15) is 0 Å². The minimum Gasteiger partial charge on any atom is -0.497 e. The van der Waals surface area contributed by atoms with Crippen LogP contribution in [0.4, 0.5) is 5.69 Å². The zero-order chi connectivity index (χ0) is 39.3. The summed E-state index contributed by atoms with van der Waals surface area (Å²) in [7, 11) is 3.13. The second-order valence-electron chi connectivity index (χ2n) is 14.1. The number of rotatable bonds is 12. The fourth-order valence-corrected chi connectivity index (χ4v) is 8.45.